The first kappa shape index (κ1) is 14.4. The molecule has 1 aromatic rings. The maximum absolute atomic E-state index is 4.46. The van der Waals surface area contributed by atoms with Crippen molar-refractivity contribution in [2.45, 2.75) is 45.7 Å². The van der Waals surface area contributed by atoms with Crippen molar-refractivity contribution in [1.82, 2.24) is 20.2 Å². The lowest BCUT2D eigenvalue weighted by molar-refractivity contribution is 0.124. The highest BCUT2D eigenvalue weighted by atomic mass is 15.2. The van der Waals surface area contributed by atoms with Crippen molar-refractivity contribution < 1.29 is 0 Å². The molecule has 0 bridgehead atoms. The summed E-state index contributed by atoms with van der Waals surface area (Å²) in [5, 5.41) is 3.50. The number of hydrogen-bond acceptors (Lipinski definition) is 4. The highest BCUT2D eigenvalue weighted by Gasteiger charge is 2.24. The van der Waals surface area contributed by atoms with Crippen LogP contribution in [0, 0.1) is 5.92 Å². The Hall–Kier alpha value is -1.00. The van der Waals surface area contributed by atoms with Crippen molar-refractivity contribution in [3.63, 3.8) is 0 Å². The molecule has 1 aromatic heterocycles. The van der Waals surface area contributed by atoms with E-state index in [-0.39, 0.29) is 0 Å². The molecule has 1 fully saturated rings. The van der Waals surface area contributed by atoms with Gasteiger partial charge in [-0.05, 0) is 52.6 Å². The van der Waals surface area contributed by atoms with Crippen molar-refractivity contribution in [2.75, 3.05) is 19.6 Å². The molecule has 0 aliphatic carbocycles. The van der Waals surface area contributed by atoms with Crippen LogP contribution >= 0.6 is 0 Å². The largest absolute Gasteiger partial charge is 0.316 e. The van der Waals surface area contributed by atoms with Gasteiger partial charge in [0.15, 0.2) is 0 Å². The number of hydrogen-bond donors (Lipinski definition) is 1. The lowest BCUT2D eigenvalue weighted by atomic mass is 9.97. The van der Waals surface area contributed by atoms with Crippen molar-refractivity contribution in [2.24, 2.45) is 5.92 Å². The lowest BCUT2D eigenvalue weighted by Crippen LogP contribution is -2.42. The van der Waals surface area contributed by atoms with Gasteiger partial charge in [-0.2, -0.15) is 0 Å². The first-order valence-corrected chi connectivity index (χ1v) is 7.41. The Bertz CT molecular complexity index is 360. The number of nitrogens with one attached hydrogen (secondary N) is 1. The summed E-state index contributed by atoms with van der Waals surface area (Å²) in [5.41, 5.74) is 1.07. The Morgan fingerprint density at radius 1 is 1.37 bits per heavy atom. The van der Waals surface area contributed by atoms with E-state index in [2.05, 4.69) is 41.0 Å². The minimum absolute atomic E-state index is 0.329. The molecule has 0 amide bonds. The van der Waals surface area contributed by atoms with Crippen LogP contribution in [-0.4, -0.2) is 40.5 Å². The summed E-state index contributed by atoms with van der Waals surface area (Å²) in [6.45, 7) is 10.2. The summed E-state index contributed by atoms with van der Waals surface area (Å²) in [6, 6.07) is 0.856. The van der Waals surface area contributed by atoms with E-state index in [0.717, 1.165) is 24.7 Å². The minimum atomic E-state index is 0.329. The third-order valence-electron chi connectivity index (χ3n) is 4.04. The average molecular weight is 262 g/mol. The van der Waals surface area contributed by atoms with E-state index in [1.807, 2.05) is 6.20 Å². The quantitative estimate of drug-likeness (QED) is 0.883. The second kappa shape index (κ2) is 6.96. The van der Waals surface area contributed by atoms with Crippen LogP contribution in [0.15, 0.2) is 18.6 Å². The molecule has 0 radical (unpaired) electrons. The topological polar surface area (TPSA) is 41.0 Å². The summed E-state index contributed by atoms with van der Waals surface area (Å²) < 4.78 is 0. The molecule has 4 heteroatoms. The fraction of sp³-hybridized carbons (Fsp3) is 0.733. The van der Waals surface area contributed by atoms with Gasteiger partial charge in [0.25, 0.3) is 0 Å². The number of piperidine rings is 1. The maximum Gasteiger partial charge on any atom is 0.0755 e. The van der Waals surface area contributed by atoms with Crippen LogP contribution in [0.4, 0.5) is 0 Å². The van der Waals surface area contributed by atoms with Crippen molar-refractivity contribution in [3.05, 3.63) is 24.3 Å². The van der Waals surface area contributed by atoms with Crippen LogP contribution in [0.1, 0.15) is 45.3 Å². The number of aromatic nitrogens is 2. The fourth-order valence-corrected chi connectivity index (χ4v) is 2.89. The molecule has 2 atom stereocenters. The predicted octanol–water partition coefficient (Wildman–Crippen LogP) is 2.25. The summed E-state index contributed by atoms with van der Waals surface area (Å²) in [4.78, 5) is 11.2. The molecule has 1 aliphatic rings. The molecule has 2 rings (SSSR count). The molecule has 1 N–H and O–H groups in total. The van der Waals surface area contributed by atoms with Gasteiger partial charge in [0, 0.05) is 31.2 Å². The molecule has 2 unspecified atom stereocenters. The van der Waals surface area contributed by atoms with E-state index in [1.54, 1.807) is 12.4 Å². The Labute approximate surface area is 116 Å². The second-order valence-electron chi connectivity index (χ2n) is 5.81. The molecule has 19 heavy (non-hydrogen) atoms. The van der Waals surface area contributed by atoms with Crippen LogP contribution in [0.5, 0.6) is 0 Å². The van der Waals surface area contributed by atoms with Gasteiger partial charge in [-0.3, -0.25) is 14.9 Å². The molecule has 1 aliphatic heterocycles. The van der Waals surface area contributed by atoms with E-state index >= 15 is 0 Å². The minimum Gasteiger partial charge on any atom is -0.316 e. The molecule has 2 heterocycles. The SMILES string of the molecule is CC(C)N(CC1CCCNC1)C(C)c1cnccn1. The Morgan fingerprint density at radius 2 is 2.21 bits per heavy atom. The normalized spacial score (nSPS) is 21.8. The Kier molecular flexibility index (Phi) is 5.28. The molecule has 0 aromatic carbocycles. The molecule has 106 valence electrons. The predicted molar refractivity (Wildman–Crippen MR) is 77.9 cm³/mol. The van der Waals surface area contributed by atoms with E-state index in [9.17, 15) is 0 Å². The Morgan fingerprint density at radius 3 is 2.79 bits per heavy atom. The Balaban J connectivity index is 2.02. The zero-order valence-electron chi connectivity index (χ0n) is 12.3. The summed E-state index contributed by atoms with van der Waals surface area (Å²) in [6.07, 6.45) is 8.05. The summed E-state index contributed by atoms with van der Waals surface area (Å²) >= 11 is 0. The highest BCUT2D eigenvalue weighted by Crippen LogP contribution is 2.23. The molecule has 0 spiro atoms. The van der Waals surface area contributed by atoms with Crippen molar-refractivity contribution in [3.8, 4) is 0 Å². The number of rotatable bonds is 5. The smallest absolute Gasteiger partial charge is 0.0755 e. The van der Waals surface area contributed by atoms with E-state index in [4.69, 9.17) is 0 Å². The van der Waals surface area contributed by atoms with E-state index in [0.29, 0.717) is 12.1 Å². The first-order valence-electron chi connectivity index (χ1n) is 7.41. The van der Waals surface area contributed by atoms with Crippen LogP contribution in [0.3, 0.4) is 0 Å². The van der Waals surface area contributed by atoms with Crippen LogP contribution in [0.2, 0.25) is 0 Å². The standard InChI is InChI=1S/C15H26N4/c1-12(2)19(11-14-5-4-6-16-9-14)13(3)15-10-17-7-8-18-15/h7-8,10,12-14,16H,4-6,9,11H2,1-3H3. The zero-order chi connectivity index (χ0) is 13.7. The summed E-state index contributed by atoms with van der Waals surface area (Å²) in [5.74, 6) is 0.760. The molecule has 4 nitrogen and oxygen atoms in total. The van der Waals surface area contributed by atoms with Gasteiger partial charge in [0.1, 0.15) is 0 Å². The number of nitrogens with zero attached hydrogens (tertiary/aromatic N) is 3. The highest BCUT2D eigenvalue weighted by molar-refractivity contribution is 5.02. The van der Waals surface area contributed by atoms with Gasteiger partial charge in [-0.25, -0.2) is 0 Å². The third-order valence-corrected chi connectivity index (χ3v) is 4.04. The second-order valence-corrected chi connectivity index (χ2v) is 5.81. The summed E-state index contributed by atoms with van der Waals surface area (Å²) in [7, 11) is 0. The van der Waals surface area contributed by atoms with Gasteiger partial charge in [-0.1, -0.05) is 0 Å². The van der Waals surface area contributed by atoms with Crippen LogP contribution in [0.25, 0.3) is 0 Å². The van der Waals surface area contributed by atoms with Crippen molar-refractivity contribution in [1.29, 1.82) is 0 Å². The van der Waals surface area contributed by atoms with Gasteiger partial charge in [0.2, 0.25) is 0 Å². The maximum atomic E-state index is 4.46. The van der Waals surface area contributed by atoms with E-state index < -0.39 is 0 Å². The van der Waals surface area contributed by atoms with Gasteiger partial charge in [0.05, 0.1) is 11.7 Å². The van der Waals surface area contributed by atoms with E-state index in [1.165, 1.54) is 19.4 Å². The molecule has 1 saturated heterocycles. The lowest BCUT2D eigenvalue weighted by Gasteiger charge is -2.36. The monoisotopic (exact) mass is 262 g/mol. The first-order chi connectivity index (χ1) is 9.18. The van der Waals surface area contributed by atoms with Gasteiger partial charge >= 0.3 is 0 Å². The molecule has 0 saturated carbocycles. The molecular weight excluding hydrogens is 236 g/mol. The fourth-order valence-electron chi connectivity index (χ4n) is 2.89. The average Bonchev–Trinajstić information content (AvgIpc) is 2.46. The van der Waals surface area contributed by atoms with Crippen LogP contribution in [-0.2, 0) is 0 Å². The van der Waals surface area contributed by atoms with Gasteiger partial charge < -0.3 is 5.32 Å². The molecular formula is C15H26N4. The zero-order valence-corrected chi connectivity index (χ0v) is 12.3. The van der Waals surface area contributed by atoms with Gasteiger partial charge in [-0.15, -0.1) is 0 Å². The third kappa shape index (κ3) is 3.98. The van der Waals surface area contributed by atoms with Crippen molar-refractivity contribution >= 4 is 0 Å². The van der Waals surface area contributed by atoms with Crippen LogP contribution < -0.4 is 5.32 Å².